The van der Waals surface area contributed by atoms with Crippen molar-refractivity contribution in [2.75, 3.05) is 26.7 Å². The van der Waals surface area contributed by atoms with Crippen LogP contribution in [0.2, 0.25) is 0 Å². The Kier molecular flexibility index (Phi) is 4.04. The number of carbonyl (C=O) groups excluding carboxylic acids is 3. The highest BCUT2D eigenvalue weighted by molar-refractivity contribution is 5.96. The Morgan fingerprint density at radius 1 is 1.53 bits per heavy atom. The van der Waals surface area contributed by atoms with Crippen molar-refractivity contribution >= 4 is 17.9 Å². The van der Waals surface area contributed by atoms with Crippen LogP contribution in [-0.2, 0) is 14.3 Å². The van der Waals surface area contributed by atoms with Gasteiger partial charge < -0.3 is 10.1 Å². The van der Waals surface area contributed by atoms with Crippen molar-refractivity contribution in [2.24, 2.45) is 0 Å². The van der Waals surface area contributed by atoms with E-state index in [1.165, 1.54) is 12.0 Å². The number of hydrogen-bond donors (Lipinski definition) is 1. The summed E-state index contributed by atoms with van der Waals surface area (Å²) in [6, 6.07) is -0.581. The van der Waals surface area contributed by atoms with E-state index in [0.717, 1.165) is 12.8 Å². The second-order valence-electron chi connectivity index (χ2n) is 4.88. The van der Waals surface area contributed by atoms with E-state index in [-0.39, 0.29) is 30.5 Å². The Labute approximate surface area is 111 Å². The molecule has 0 aromatic rings. The van der Waals surface area contributed by atoms with Gasteiger partial charge in [-0.25, -0.2) is 4.79 Å². The van der Waals surface area contributed by atoms with E-state index in [2.05, 4.69) is 5.32 Å². The van der Waals surface area contributed by atoms with Crippen LogP contribution in [0.15, 0.2) is 0 Å². The van der Waals surface area contributed by atoms with Crippen LogP contribution in [0.1, 0.15) is 19.8 Å². The topological polar surface area (TPSA) is 79.0 Å². The third kappa shape index (κ3) is 3.04. The van der Waals surface area contributed by atoms with Gasteiger partial charge in [-0.2, -0.15) is 0 Å². The maximum Gasteiger partial charge on any atom is 0.324 e. The van der Waals surface area contributed by atoms with E-state index in [4.69, 9.17) is 4.74 Å². The summed E-state index contributed by atoms with van der Waals surface area (Å²) in [6.45, 7) is 2.68. The first-order chi connectivity index (χ1) is 9.04. The number of rotatable bonds is 5. The SMILES string of the molecule is COC(=O)[C@@H](C)N(CC(=O)N1CCNC1=O)C1CC1. The van der Waals surface area contributed by atoms with E-state index < -0.39 is 6.04 Å². The fourth-order valence-electron chi connectivity index (χ4n) is 2.25. The molecule has 0 radical (unpaired) electrons. The van der Waals surface area contributed by atoms with Crippen LogP contribution in [0.3, 0.4) is 0 Å². The average molecular weight is 269 g/mol. The van der Waals surface area contributed by atoms with Gasteiger partial charge in [0.25, 0.3) is 0 Å². The van der Waals surface area contributed by atoms with Gasteiger partial charge in [-0.3, -0.25) is 19.4 Å². The van der Waals surface area contributed by atoms with Crippen molar-refractivity contribution in [2.45, 2.75) is 31.8 Å². The summed E-state index contributed by atoms with van der Waals surface area (Å²) in [7, 11) is 1.33. The lowest BCUT2D eigenvalue weighted by atomic mass is 10.2. The first-order valence-electron chi connectivity index (χ1n) is 6.46. The molecule has 2 fully saturated rings. The molecular formula is C12H19N3O4. The monoisotopic (exact) mass is 269 g/mol. The van der Waals surface area contributed by atoms with Crippen LogP contribution in [0, 0.1) is 0 Å². The highest BCUT2D eigenvalue weighted by atomic mass is 16.5. The fraction of sp³-hybridized carbons (Fsp3) is 0.750. The molecule has 2 rings (SSSR count). The van der Waals surface area contributed by atoms with Crippen LogP contribution >= 0.6 is 0 Å². The smallest absolute Gasteiger partial charge is 0.324 e. The van der Waals surface area contributed by atoms with Crippen LogP contribution in [0.5, 0.6) is 0 Å². The number of nitrogens with one attached hydrogen (secondary N) is 1. The van der Waals surface area contributed by atoms with E-state index in [9.17, 15) is 14.4 Å². The summed E-state index contributed by atoms with van der Waals surface area (Å²) in [5.74, 6) is -0.622. The predicted octanol–water partition coefficient (Wildman–Crippen LogP) is -0.436. The molecule has 1 saturated heterocycles. The number of methoxy groups -OCH3 is 1. The van der Waals surface area contributed by atoms with Gasteiger partial charge in [-0.15, -0.1) is 0 Å². The minimum Gasteiger partial charge on any atom is -0.468 e. The molecule has 0 aromatic heterocycles. The van der Waals surface area contributed by atoms with Crippen molar-refractivity contribution in [3.8, 4) is 0 Å². The van der Waals surface area contributed by atoms with Gasteiger partial charge in [-0.05, 0) is 19.8 Å². The van der Waals surface area contributed by atoms with Crippen molar-refractivity contribution < 1.29 is 19.1 Å². The van der Waals surface area contributed by atoms with Crippen molar-refractivity contribution in [1.82, 2.24) is 15.1 Å². The van der Waals surface area contributed by atoms with E-state index in [1.807, 2.05) is 4.90 Å². The van der Waals surface area contributed by atoms with Crippen molar-refractivity contribution in [1.29, 1.82) is 0 Å². The Hall–Kier alpha value is -1.63. The molecule has 1 heterocycles. The van der Waals surface area contributed by atoms with Gasteiger partial charge in [0.05, 0.1) is 13.7 Å². The summed E-state index contributed by atoms with van der Waals surface area (Å²) >= 11 is 0. The molecule has 0 bridgehead atoms. The number of amides is 3. The molecule has 0 unspecified atom stereocenters. The lowest BCUT2D eigenvalue weighted by Gasteiger charge is -2.27. The number of ether oxygens (including phenoxy) is 1. The number of hydrogen-bond acceptors (Lipinski definition) is 5. The number of urea groups is 1. The summed E-state index contributed by atoms with van der Waals surface area (Å²) in [4.78, 5) is 38.1. The lowest BCUT2D eigenvalue weighted by Crippen LogP contribution is -2.48. The van der Waals surface area contributed by atoms with Crippen LogP contribution in [0.4, 0.5) is 4.79 Å². The van der Waals surface area contributed by atoms with Crippen molar-refractivity contribution in [3.05, 3.63) is 0 Å². The maximum atomic E-state index is 12.1. The van der Waals surface area contributed by atoms with Gasteiger partial charge in [0.2, 0.25) is 5.91 Å². The highest BCUT2D eigenvalue weighted by Gasteiger charge is 2.38. The Balaban J connectivity index is 1.98. The van der Waals surface area contributed by atoms with E-state index in [0.29, 0.717) is 13.1 Å². The largest absolute Gasteiger partial charge is 0.468 e. The molecule has 1 saturated carbocycles. The first-order valence-corrected chi connectivity index (χ1v) is 6.46. The molecule has 0 aromatic carbocycles. The number of nitrogens with zero attached hydrogens (tertiary/aromatic N) is 2. The Morgan fingerprint density at radius 3 is 2.68 bits per heavy atom. The molecule has 3 amide bonds. The maximum absolute atomic E-state index is 12.1. The minimum absolute atomic E-state index is 0.0777. The van der Waals surface area contributed by atoms with Crippen molar-refractivity contribution in [3.63, 3.8) is 0 Å². The van der Waals surface area contributed by atoms with Gasteiger partial charge in [0.15, 0.2) is 0 Å². The zero-order chi connectivity index (χ0) is 14.0. The predicted molar refractivity (Wildman–Crippen MR) is 66.3 cm³/mol. The van der Waals surface area contributed by atoms with Gasteiger partial charge in [0.1, 0.15) is 6.04 Å². The number of carbonyl (C=O) groups is 3. The van der Waals surface area contributed by atoms with E-state index in [1.54, 1.807) is 6.92 Å². The van der Waals surface area contributed by atoms with Crippen LogP contribution in [-0.4, -0.2) is 66.5 Å². The van der Waals surface area contributed by atoms with Crippen LogP contribution < -0.4 is 5.32 Å². The van der Waals surface area contributed by atoms with Gasteiger partial charge >= 0.3 is 12.0 Å². The molecule has 106 valence electrons. The molecule has 1 aliphatic carbocycles. The summed E-state index contributed by atoms with van der Waals surface area (Å²) < 4.78 is 4.71. The molecule has 19 heavy (non-hydrogen) atoms. The van der Waals surface area contributed by atoms with Gasteiger partial charge in [0, 0.05) is 19.1 Å². The first kappa shape index (κ1) is 13.8. The minimum atomic E-state index is -0.466. The molecule has 1 atom stereocenters. The standard InChI is InChI=1S/C12H19N3O4/c1-8(11(17)19-2)15(9-3-4-9)7-10(16)14-6-5-13-12(14)18/h8-9H,3-7H2,1-2H3,(H,13,18)/t8-/m1/s1. The molecule has 0 spiro atoms. The molecular weight excluding hydrogens is 250 g/mol. The highest BCUT2D eigenvalue weighted by Crippen LogP contribution is 2.28. The summed E-state index contributed by atoms with van der Waals surface area (Å²) in [5, 5.41) is 2.59. The molecule has 1 N–H and O–H groups in total. The summed E-state index contributed by atoms with van der Waals surface area (Å²) in [5.41, 5.74) is 0. The quantitative estimate of drug-likeness (QED) is 0.685. The third-order valence-corrected chi connectivity index (χ3v) is 3.53. The second-order valence-corrected chi connectivity index (χ2v) is 4.88. The number of esters is 1. The second kappa shape index (κ2) is 5.56. The zero-order valence-corrected chi connectivity index (χ0v) is 11.2. The van der Waals surface area contributed by atoms with Gasteiger partial charge in [-0.1, -0.05) is 0 Å². The fourth-order valence-corrected chi connectivity index (χ4v) is 2.25. The Bertz CT molecular complexity index is 394. The molecule has 7 heteroatoms. The molecule has 7 nitrogen and oxygen atoms in total. The molecule has 1 aliphatic heterocycles. The van der Waals surface area contributed by atoms with E-state index >= 15 is 0 Å². The summed E-state index contributed by atoms with van der Waals surface area (Å²) in [6.07, 6.45) is 1.95. The average Bonchev–Trinajstić information content (AvgIpc) is 3.15. The molecule has 2 aliphatic rings. The number of imide groups is 1. The normalized spacial score (nSPS) is 20.4. The zero-order valence-electron chi connectivity index (χ0n) is 11.2. The lowest BCUT2D eigenvalue weighted by molar-refractivity contribution is -0.147. The third-order valence-electron chi connectivity index (χ3n) is 3.53. The Morgan fingerprint density at radius 2 is 2.21 bits per heavy atom. The van der Waals surface area contributed by atoms with Crippen LogP contribution in [0.25, 0.3) is 0 Å².